The summed E-state index contributed by atoms with van der Waals surface area (Å²) in [5.74, 6) is -1.81. The second-order valence-electron chi connectivity index (χ2n) is 7.55. The highest BCUT2D eigenvalue weighted by molar-refractivity contribution is 5.88. The van der Waals surface area contributed by atoms with Crippen molar-refractivity contribution in [2.75, 3.05) is 10.7 Å². The molecule has 13 heteroatoms. The number of allylic oxidation sites excluding steroid dienone is 1. The Labute approximate surface area is 189 Å². The molecule has 0 bridgehead atoms. The monoisotopic (exact) mass is 471 g/mol. The first-order valence-electron chi connectivity index (χ1n) is 10.0. The molecule has 1 aliphatic heterocycles. The van der Waals surface area contributed by atoms with Gasteiger partial charge in [0.2, 0.25) is 5.82 Å². The van der Waals surface area contributed by atoms with Crippen LogP contribution >= 0.6 is 0 Å². The molecule has 4 N–H and O–H groups in total. The van der Waals surface area contributed by atoms with Gasteiger partial charge in [0.25, 0.3) is 0 Å². The maximum Gasteiger partial charge on any atom is 0.451 e. The van der Waals surface area contributed by atoms with Gasteiger partial charge in [0.1, 0.15) is 17.7 Å². The van der Waals surface area contributed by atoms with Crippen LogP contribution in [0.25, 0.3) is 16.6 Å². The Balaban J connectivity index is 1.56. The summed E-state index contributed by atoms with van der Waals surface area (Å²) in [6, 6.07) is 8.03. The van der Waals surface area contributed by atoms with Crippen molar-refractivity contribution in [3.63, 3.8) is 0 Å². The number of hydrazine groups is 2. The number of para-hydroxylation sites is 1. The van der Waals surface area contributed by atoms with E-state index in [0.29, 0.717) is 33.7 Å². The largest absolute Gasteiger partial charge is 0.451 e. The maximum atomic E-state index is 14.2. The lowest BCUT2D eigenvalue weighted by Crippen LogP contribution is -2.37. The Hall–Kier alpha value is -4.26. The minimum Gasteiger partial charge on any atom is -0.382 e. The van der Waals surface area contributed by atoms with Crippen LogP contribution in [0.15, 0.2) is 60.9 Å². The van der Waals surface area contributed by atoms with Crippen molar-refractivity contribution >= 4 is 17.0 Å². The van der Waals surface area contributed by atoms with Crippen LogP contribution in [-0.4, -0.2) is 24.6 Å². The molecule has 0 amide bonds. The summed E-state index contributed by atoms with van der Waals surface area (Å²) in [5.41, 5.74) is 14.9. The molecular weight excluding hydrogens is 454 g/mol. The lowest BCUT2D eigenvalue weighted by molar-refractivity contribution is -0.144. The first-order chi connectivity index (χ1) is 16.2. The normalized spacial score (nSPS) is 14.9. The van der Waals surface area contributed by atoms with Crippen LogP contribution in [0.1, 0.15) is 24.4 Å². The zero-order valence-corrected chi connectivity index (χ0v) is 17.5. The predicted molar refractivity (Wildman–Crippen MR) is 115 cm³/mol. The maximum absolute atomic E-state index is 14.2. The summed E-state index contributed by atoms with van der Waals surface area (Å²) in [6.45, 7) is 1.89. The fourth-order valence-corrected chi connectivity index (χ4v) is 3.72. The Morgan fingerprint density at radius 2 is 1.82 bits per heavy atom. The van der Waals surface area contributed by atoms with E-state index in [1.54, 1.807) is 35.0 Å². The van der Waals surface area contributed by atoms with Crippen molar-refractivity contribution in [1.82, 2.24) is 35.5 Å². The number of hydrogen-bond donors (Lipinski definition) is 3. The number of fused-ring (bicyclic) bond motifs is 1. The molecule has 0 spiro atoms. The van der Waals surface area contributed by atoms with Gasteiger partial charge in [-0.3, -0.25) is 5.01 Å². The zero-order valence-electron chi connectivity index (χ0n) is 17.5. The van der Waals surface area contributed by atoms with E-state index < -0.39 is 17.8 Å². The van der Waals surface area contributed by atoms with E-state index in [1.807, 2.05) is 6.92 Å². The highest BCUT2D eigenvalue weighted by atomic mass is 19.4. The number of aromatic nitrogens is 5. The van der Waals surface area contributed by atoms with Gasteiger partial charge in [-0.2, -0.15) is 18.3 Å². The summed E-state index contributed by atoms with van der Waals surface area (Å²) in [5, 5.41) is 5.79. The van der Waals surface area contributed by atoms with Gasteiger partial charge in [-0.25, -0.2) is 23.9 Å². The van der Waals surface area contributed by atoms with Crippen LogP contribution in [0.3, 0.4) is 0 Å². The van der Waals surface area contributed by atoms with Crippen molar-refractivity contribution in [2.24, 2.45) is 0 Å². The number of benzene rings is 1. The molecule has 0 saturated carbocycles. The van der Waals surface area contributed by atoms with Crippen LogP contribution in [0.4, 0.5) is 29.1 Å². The Kier molecular flexibility index (Phi) is 5.05. The average molecular weight is 471 g/mol. The van der Waals surface area contributed by atoms with Crippen LogP contribution < -0.4 is 21.7 Å². The average Bonchev–Trinajstić information content (AvgIpc) is 3.45. The summed E-state index contributed by atoms with van der Waals surface area (Å²) in [6.07, 6.45) is 0.502. The quantitative estimate of drug-likeness (QED) is 0.389. The van der Waals surface area contributed by atoms with Crippen LogP contribution in [0.2, 0.25) is 0 Å². The van der Waals surface area contributed by atoms with Crippen molar-refractivity contribution in [3.05, 3.63) is 78.3 Å². The fourth-order valence-electron chi connectivity index (χ4n) is 3.72. The molecule has 0 saturated heterocycles. The van der Waals surface area contributed by atoms with Crippen LogP contribution in [0.5, 0.6) is 0 Å². The molecule has 174 valence electrons. The number of nitrogens with two attached hydrogens (primary N) is 1. The third-order valence-electron chi connectivity index (χ3n) is 5.44. The molecule has 1 unspecified atom stereocenters. The Morgan fingerprint density at radius 1 is 1.09 bits per heavy atom. The molecule has 5 rings (SSSR count). The van der Waals surface area contributed by atoms with Crippen molar-refractivity contribution in [2.45, 2.75) is 19.0 Å². The number of hydrogen-bond acceptors (Lipinski definition) is 8. The van der Waals surface area contributed by atoms with Crippen molar-refractivity contribution < 1.29 is 17.6 Å². The molecule has 1 aliphatic rings. The number of nitrogens with zero attached hydrogens (tertiary/aromatic N) is 6. The molecule has 0 aliphatic carbocycles. The summed E-state index contributed by atoms with van der Waals surface area (Å²) in [7, 11) is 0. The molecule has 1 aromatic carbocycles. The second kappa shape index (κ2) is 7.95. The van der Waals surface area contributed by atoms with Gasteiger partial charge in [0.15, 0.2) is 5.82 Å². The molecule has 9 nitrogen and oxygen atoms in total. The smallest absolute Gasteiger partial charge is 0.382 e. The van der Waals surface area contributed by atoms with E-state index in [9.17, 15) is 17.6 Å². The summed E-state index contributed by atoms with van der Waals surface area (Å²) >= 11 is 0. The highest BCUT2D eigenvalue weighted by Gasteiger charge is 2.34. The molecule has 34 heavy (non-hydrogen) atoms. The number of anilines is 2. The van der Waals surface area contributed by atoms with E-state index >= 15 is 0 Å². The lowest BCUT2D eigenvalue weighted by atomic mass is 10.0. The van der Waals surface area contributed by atoms with Crippen molar-refractivity contribution in [3.8, 4) is 11.1 Å². The van der Waals surface area contributed by atoms with Gasteiger partial charge in [-0.1, -0.05) is 19.1 Å². The van der Waals surface area contributed by atoms with Crippen LogP contribution in [-0.2, 0) is 6.18 Å². The lowest BCUT2D eigenvalue weighted by Gasteiger charge is -2.15. The first kappa shape index (κ1) is 21.6. The van der Waals surface area contributed by atoms with Crippen LogP contribution in [0, 0.1) is 5.82 Å². The zero-order chi connectivity index (χ0) is 24.0. The van der Waals surface area contributed by atoms with Gasteiger partial charge >= 0.3 is 6.18 Å². The molecule has 4 aromatic rings. The van der Waals surface area contributed by atoms with E-state index in [2.05, 4.69) is 31.0 Å². The predicted octanol–water partition coefficient (Wildman–Crippen LogP) is 3.40. The van der Waals surface area contributed by atoms with E-state index in [-0.39, 0.29) is 11.7 Å². The van der Waals surface area contributed by atoms with E-state index in [0.717, 1.165) is 12.4 Å². The summed E-state index contributed by atoms with van der Waals surface area (Å²) in [4.78, 5) is 10.9. The van der Waals surface area contributed by atoms with Gasteiger partial charge < -0.3 is 11.2 Å². The highest BCUT2D eigenvalue weighted by Crippen LogP contribution is 2.36. The molecular formula is C21H17F4N9. The van der Waals surface area contributed by atoms with E-state index in [1.165, 1.54) is 17.4 Å². The molecule has 0 radical (unpaired) electrons. The number of nitrogens with one attached hydrogen (secondary N) is 2. The number of alkyl halides is 3. The van der Waals surface area contributed by atoms with Gasteiger partial charge in [-0.05, 0) is 18.2 Å². The molecule has 4 heterocycles. The Bertz CT molecular complexity index is 1400. The second-order valence-corrected chi connectivity index (χ2v) is 7.55. The van der Waals surface area contributed by atoms with Gasteiger partial charge in [0, 0.05) is 35.6 Å². The summed E-state index contributed by atoms with van der Waals surface area (Å²) < 4.78 is 54.4. The van der Waals surface area contributed by atoms with E-state index in [4.69, 9.17) is 5.73 Å². The van der Waals surface area contributed by atoms with Gasteiger partial charge in [0.05, 0.1) is 17.1 Å². The molecule has 1 atom stereocenters. The topological polar surface area (TPSA) is 109 Å². The standard InChI is InChI=1S/C21H17F4N9/c1-11(15-9-33(32-31-15)16-5-3-2-4-14(16)22)17-6-13(18-19(26)29-10-30-34(17)18)12-7-27-20(28-8-12)21(23,24)25/h2-11,31-32H,1H3,(H2,26,29,30). The third kappa shape index (κ3) is 3.65. The minimum atomic E-state index is -4.65. The number of halogens is 4. The van der Waals surface area contributed by atoms with Crippen molar-refractivity contribution in [1.29, 1.82) is 0 Å². The molecule has 0 fully saturated rings. The number of nitrogen functional groups attached to an aromatic ring is 1. The SMILES string of the molecule is CC(C1=CN(c2ccccc2F)NN1)c1cc(-c2cnc(C(F)(F)F)nc2)c2c(N)ncnn12. The Morgan fingerprint density at radius 3 is 2.53 bits per heavy atom. The van der Waals surface area contributed by atoms with Gasteiger partial charge in [-0.15, -0.1) is 5.53 Å². The number of rotatable bonds is 4. The third-order valence-corrected chi connectivity index (χ3v) is 5.44. The first-order valence-corrected chi connectivity index (χ1v) is 10.0. The fraction of sp³-hybridized carbons (Fsp3) is 0.143. The minimum absolute atomic E-state index is 0.141. The molecule has 3 aromatic heterocycles.